The number of nitrogens with zero attached hydrogens (tertiary/aromatic N) is 3. The van der Waals surface area contributed by atoms with Gasteiger partial charge in [-0.3, -0.25) is 4.68 Å². The smallest absolute Gasteiger partial charge is 0.322 e. The molecule has 1 N–H and O–H groups in total. The van der Waals surface area contributed by atoms with Gasteiger partial charge >= 0.3 is 6.03 Å². The van der Waals surface area contributed by atoms with Crippen molar-refractivity contribution in [1.29, 1.82) is 0 Å². The first-order valence-electron chi connectivity index (χ1n) is 10.1. The number of ether oxygens (including phenoxy) is 1. The lowest BCUT2D eigenvalue weighted by Crippen LogP contribution is -2.41. The molecule has 0 bridgehead atoms. The maximum absolute atomic E-state index is 12.8. The molecule has 6 heteroatoms. The Bertz CT molecular complexity index is 740. The van der Waals surface area contributed by atoms with E-state index in [1.54, 1.807) is 6.20 Å². The number of amides is 2. The summed E-state index contributed by atoms with van der Waals surface area (Å²) < 4.78 is 7.64. The Balaban J connectivity index is 1.32. The predicted molar refractivity (Wildman–Crippen MR) is 105 cm³/mol. The van der Waals surface area contributed by atoms with Gasteiger partial charge in [0.05, 0.1) is 6.54 Å². The number of likely N-dealkylation sites (tertiary alicyclic amines) is 1. The molecular formula is C21H28N4O2. The molecule has 0 radical (unpaired) electrons. The molecule has 144 valence electrons. The first-order chi connectivity index (χ1) is 13.3. The SMILES string of the molecule is O=C(Nc1cccc(OCCn2cccn2)c1)N1CCCC1C1CCCC1. The van der Waals surface area contributed by atoms with Crippen LogP contribution in [-0.2, 0) is 6.54 Å². The van der Waals surface area contributed by atoms with Crippen molar-refractivity contribution in [3.05, 3.63) is 42.7 Å². The molecule has 1 aromatic heterocycles. The molecule has 2 aromatic rings. The third kappa shape index (κ3) is 4.43. The zero-order chi connectivity index (χ0) is 18.5. The minimum atomic E-state index is 0.0260. The van der Waals surface area contributed by atoms with Crippen molar-refractivity contribution in [3.63, 3.8) is 0 Å². The van der Waals surface area contributed by atoms with Crippen molar-refractivity contribution in [3.8, 4) is 5.75 Å². The van der Waals surface area contributed by atoms with Crippen molar-refractivity contribution >= 4 is 11.7 Å². The van der Waals surface area contributed by atoms with Crippen LogP contribution >= 0.6 is 0 Å². The zero-order valence-corrected chi connectivity index (χ0v) is 15.7. The average Bonchev–Trinajstić information content (AvgIpc) is 3.43. The van der Waals surface area contributed by atoms with E-state index in [9.17, 15) is 4.79 Å². The normalized spacial score (nSPS) is 20.1. The quantitative estimate of drug-likeness (QED) is 0.833. The van der Waals surface area contributed by atoms with E-state index in [1.165, 1.54) is 25.7 Å². The predicted octanol–water partition coefficient (Wildman–Crippen LogP) is 4.15. The van der Waals surface area contributed by atoms with Gasteiger partial charge in [0.25, 0.3) is 0 Å². The van der Waals surface area contributed by atoms with E-state index in [0.717, 1.165) is 30.8 Å². The second-order valence-electron chi connectivity index (χ2n) is 7.52. The summed E-state index contributed by atoms with van der Waals surface area (Å²) in [5.41, 5.74) is 0.786. The number of carbonyl (C=O) groups is 1. The number of nitrogens with one attached hydrogen (secondary N) is 1. The number of carbonyl (C=O) groups excluding carboxylic acids is 1. The van der Waals surface area contributed by atoms with Crippen LogP contribution in [0.2, 0.25) is 0 Å². The third-order valence-electron chi connectivity index (χ3n) is 5.74. The Morgan fingerprint density at radius 3 is 2.89 bits per heavy atom. The van der Waals surface area contributed by atoms with Gasteiger partial charge in [-0.25, -0.2) is 4.79 Å². The van der Waals surface area contributed by atoms with E-state index >= 15 is 0 Å². The summed E-state index contributed by atoms with van der Waals surface area (Å²) >= 11 is 0. The summed E-state index contributed by atoms with van der Waals surface area (Å²) in [6, 6.07) is 9.97. The molecule has 1 atom stereocenters. The van der Waals surface area contributed by atoms with Crippen LogP contribution in [-0.4, -0.2) is 39.9 Å². The lowest BCUT2D eigenvalue weighted by atomic mass is 9.96. The lowest BCUT2D eigenvalue weighted by molar-refractivity contribution is 0.185. The molecule has 1 saturated heterocycles. The molecule has 0 spiro atoms. The molecule has 1 unspecified atom stereocenters. The van der Waals surface area contributed by atoms with Crippen molar-refractivity contribution < 1.29 is 9.53 Å². The van der Waals surface area contributed by atoms with Crippen LogP contribution in [0.4, 0.5) is 10.5 Å². The Labute approximate surface area is 160 Å². The fourth-order valence-electron chi connectivity index (χ4n) is 4.43. The average molecular weight is 368 g/mol. The molecule has 1 aliphatic carbocycles. The van der Waals surface area contributed by atoms with Gasteiger partial charge < -0.3 is 15.0 Å². The first kappa shape index (κ1) is 17.9. The molecule has 2 aliphatic rings. The summed E-state index contributed by atoms with van der Waals surface area (Å²) in [7, 11) is 0. The van der Waals surface area contributed by atoms with E-state index in [4.69, 9.17) is 4.74 Å². The highest BCUT2D eigenvalue weighted by molar-refractivity contribution is 5.90. The Morgan fingerprint density at radius 1 is 1.19 bits per heavy atom. The number of benzene rings is 1. The number of aromatic nitrogens is 2. The minimum Gasteiger partial charge on any atom is -0.492 e. The fraction of sp³-hybridized carbons (Fsp3) is 0.524. The number of urea groups is 1. The summed E-state index contributed by atoms with van der Waals surface area (Å²) in [6.07, 6.45) is 11.1. The van der Waals surface area contributed by atoms with E-state index < -0.39 is 0 Å². The number of hydrogen-bond acceptors (Lipinski definition) is 3. The summed E-state index contributed by atoms with van der Waals surface area (Å²) in [5, 5.41) is 7.23. The lowest BCUT2D eigenvalue weighted by Gasteiger charge is -2.29. The molecule has 2 amide bonds. The molecule has 2 fully saturated rings. The maximum atomic E-state index is 12.8. The van der Waals surface area contributed by atoms with Gasteiger partial charge in [0.2, 0.25) is 0 Å². The Hall–Kier alpha value is -2.50. The standard InChI is InChI=1S/C21H28N4O2/c26-21(25-13-4-10-20(25)17-6-1-2-7-17)23-18-8-3-9-19(16-18)27-15-14-24-12-5-11-22-24/h3,5,8-9,11-12,16-17,20H,1-2,4,6-7,10,13-15H2,(H,23,26). The van der Waals surface area contributed by atoms with E-state index in [0.29, 0.717) is 25.1 Å². The first-order valence-corrected chi connectivity index (χ1v) is 10.1. The van der Waals surface area contributed by atoms with Crippen LogP contribution in [0.1, 0.15) is 38.5 Å². The summed E-state index contributed by atoms with van der Waals surface area (Å²) in [5.74, 6) is 1.45. The second-order valence-corrected chi connectivity index (χ2v) is 7.52. The van der Waals surface area contributed by atoms with Crippen LogP contribution in [0.5, 0.6) is 5.75 Å². The van der Waals surface area contributed by atoms with Gasteiger partial charge in [-0.2, -0.15) is 5.10 Å². The van der Waals surface area contributed by atoms with Gasteiger partial charge in [-0.1, -0.05) is 18.9 Å². The zero-order valence-electron chi connectivity index (χ0n) is 15.7. The highest BCUT2D eigenvalue weighted by Gasteiger charge is 2.35. The van der Waals surface area contributed by atoms with Gasteiger partial charge in [0, 0.05) is 36.7 Å². The monoisotopic (exact) mass is 368 g/mol. The number of hydrogen-bond donors (Lipinski definition) is 1. The highest BCUT2D eigenvalue weighted by atomic mass is 16.5. The molecule has 1 aromatic carbocycles. The minimum absolute atomic E-state index is 0.0260. The highest BCUT2D eigenvalue weighted by Crippen LogP contribution is 2.35. The van der Waals surface area contributed by atoms with Crippen molar-refractivity contribution in [2.75, 3.05) is 18.5 Å². The van der Waals surface area contributed by atoms with E-state index in [2.05, 4.69) is 15.3 Å². The van der Waals surface area contributed by atoms with Crippen LogP contribution in [0.25, 0.3) is 0 Å². The molecule has 1 saturated carbocycles. The van der Waals surface area contributed by atoms with Gasteiger partial charge in [-0.15, -0.1) is 0 Å². The van der Waals surface area contributed by atoms with Gasteiger partial charge in [-0.05, 0) is 49.8 Å². The molecule has 6 nitrogen and oxygen atoms in total. The molecule has 2 heterocycles. The van der Waals surface area contributed by atoms with Crippen molar-refractivity contribution in [2.24, 2.45) is 5.92 Å². The van der Waals surface area contributed by atoms with E-state index in [1.807, 2.05) is 41.2 Å². The topological polar surface area (TPSA) is 59.4 Å². The van der Waals surface area contributed by atoms with Gasteiger partial charge in [0.15, 0.2) is 0 Å². The van der Waals surface area contributed by atoms with Crippen molar-refractivity contribution in [1.82, 2.24) is 14.7 Å². The van der Waals surface area contributed by atoms with Gasteiger partial charge in [0.1, 0.15) is 12.4 Å². The Morgan fingerprint density at radius 2 is 2.07 bits per heavy atom. The molecular weight excluding hydrogens is 340 g/mol. The number of rotatable bonds is 6. The molecule has 1 aliphatic heterocycles. The summed E-state index contributed by atoms with van der Waals surface area (Å²) in [6.45, 7) is 2.10. The largest absolute Gasteiger partial charge is 0.492 e. The third-order valence-corrected chi connectivity index (χ3v) is 5.74. The van der Waals surface area contributed by atoms with Crippen LogP contribution < -0.4 is 10.1 Å². The maximum Gasteiger partial charge on any atom is 0.322 e. The van der Waals surface area contributed by atoms with E-state index in [-0.39, 0.29) is 6.03 Å². The number of anilines is 1. The fourth-order valence-corrected chi connectivity index (χ4v) is 4.43. The molecule has 4 rings (SSSR count). The molecule has 27 heavy (non-hydrogen) atoms. The van der Waals surface area contributed by atoms with Crippen LogP contribution in [0.15, 0.2) is 42.7 Å². The van der Waals surface area contributed by atoms with Crippen LogP contribution in [0, 0.1) is 5.92 Å². The summed E-state index contributed by atoms with van der Waals surface area (Å²) in [4.78, 5) is 14.9. The Kier molecular flexibility index (Phi) is 5.61. The second kappa shape index (κ2) is 8.46. The van der Waals surface area contributed by atoms with Crippen molar-refractivity contribution in [2.45, 2.75) is 51.1 Å². The van der Waals surface area contributed by atoms with Crippen LogP contribution in [0.3, 0.4) is 0 Å².